The number of aryl methyl sites for hydroxylation is 2. The van der Waals surface area contributed by atoms with Crippen molar-refractivity contribution in [3.05, 3.63) is 63.5 Å². The van der Waals surface area contributed by atoms with Crippen LogP contribution in [0.25, 0.3) is 5.69 Å². The Balaban J connectivity index is 1.71. The van der Waals surface area contributed by atoms with Gasteiger partial charge in [-0.05, 0) is 32.0 Å². The summed E-state index contributed by atoms with van der Waals surface area (Å²) in [6, 6.07) is 12.8. The molecule has 3 aromatic rings. The molecule has 27 heavy (non-hydrogen) atoms. The summed E-state index contributed by atoms with van der Waals surface area (Å²) in [5, 5.41) is 16.0. The number of carbonyl (C=O) groups excluding carboxylic acids is 2. The second-order valence-corrected chi connectivity index (χ2v) is 7.18. The van der Waals surface area contributed by atoms with E-state index in [0.717, 1.165) is 9.75 Å². The van der Waals surface area contributed by atoms with Crippen LogP contribution < -0.4 is 5.32 Å². The molecular formula is C19H16N4O3S. The van der Waals surface area contributed by atoms with Gasteiger partial charge >= 0.3 is 5.97 Å². The number of amides is 1. The number of esters is 1. The van der Waals surface area contributed by atoms with Crippen molar-refractivity contribution < 1.29 is 14.3 Å². The molecule has 0 radical (unpaired) electrons. The molecule has 0 saturated heterocycles. The number of hydrogen-bond acceptors (Lipinski definition) is 6. The summed E-state index contributed by atoms with van der Waals surface area (Å²) in [7, 11) is 0. The van der Waals surface area contributed by atoms with Crippen LogP contribution in [0.2, 0.25) is 0 Å². The van der Waals surface area contributed by atoms with E-state index in [4.69, 9.17) is 4.74 Å². The van der Waals surface area contributed by atoms with E-state index in [1.807, 2.05) is 38.1 Å². The number of nitrogens with zero attached hydrogens (tertiary/aromatic N) is 3. The lowest BCUT2D eigenvalue weighted by atomic mass is 10.2. The fraction of sp³-hybridized carbons (Fsp3) is 0.158. The van der Waals surface area contributed by atoms with Crippen LogP contribution in [0.15, 0.2) is 42.6 Å². The van der Waals surface area contributed by atoms with Crippen LogP contribution in [0.3, 0.4) is 0 Å². The minimum atomic E-state index is -0.554. The number of nitriles is 1. The van der Waals surface area contributed by atoms with Crippen LogP contribution >= 0.6 is 11.3 Å². The van der Waals surface area contributed by atoms with E-state index in [9.17, 15) is 14.9 Å². The summed E-state index contributed by atoms with van der Waals surface area (Å²) in [6.45, 7) is 3.26. The van der Waals surface area contributed by atoms with Gasteiger partial charge in [0, 0.05) is 9.75 Å². The minimum absolute atomic E-state index is 0.211. The van der Waals surface area contributed by atoms with E-state index in [-0.39, 0.29) is 11.4 Å². The smallest absolute Gasteiger partial charge is 0.339 e. The number of carbonyl (C=O) groups is 2. The van der Waals surface area contributed by atoms with E-state index in [1.165, 1.54) is 22.2 Å². The highest BCUT2D eigenvalue weighted by molar-refractivity contribution is 7.12. The van der Waals surface area contributed by atoms with Gasteiger partial charge in [-0.3, -0.25) is 4.79 Å². The molecule has 0 aliphatic rings. The summed E-state index contributed by atoms with van der Waals surface area (Å²) >= 11 is 1.49. The van der Waals surface area contributed by atoms with Gasteiger partial charge in [0.2, 0.25) is 0 Å². The van der Waals surface area contributed by atoms with Gasteiger partial charge in [-0.1, -0.05) is 18.2 Å². The molecule has 0 fully saturated rings. The average molecular weight is 380 g/mol. The quantitative estimate of drug-likeness (QED) is 0.686. The predicted octanol–water partition coefficient (Wildman–Crippen LogP) is 3.22. The third kappa shape index (κ3) is 4.04. The second-order valence-electron chi connectivity index (χ2n) is 5.72. The summed E-state index contributed by atoms with van der Waals surface area (Å²) < 4.78 is 6.54. The molecule has 3 rings (SSSR count). The maximum absolute atomic E-state index is 12.3. The fourth-order valence-corrected chi connectivity index (χ4v) is 3.44. The number of ether oxygens (including phenoxy) is 1. The molecule has 0 saturated carbocycles. The number of hydrogen-bond donors (Lipinski definition) is 1. The van der Waals surface area contributed by atoms with Gasteiger partial charge in [0.1, 0.15) is 11.6 Å². The number of aromatic nitrogens is 2. The standard InChI is InChI=1S/C19H16N4O3S/c1-12-8-16(13(2)27-12)19(25)26-11-17(24)22-18-14(9-20)10-21-23(18)15-6-4-3-5-7-15/h3-8,10H,11H2,1-2H3,(H,22,24). The summed E-state index contributed by atoms with van der Waals surface area (Å²) in [5.74, 6) is -0.876. The molecule has 8 heteroatoms. The summed E-state index contributed by atoms with van der Waals surface area (Å²) in [5.41, 5.74) is 1.36. The molecule has 2 heterocycles. The van der Waals surface area contributed by atoms with Crippen molar-refractivity contribution in [3.63, 3.8) is 0 Å². The molecule has 1 aromatic carbocycles. The van der Waals surface area contributed by atoms with Crippen LogP contribution in [-0.4, -0.2) is 28.3 Å². The molecule has 136 valence electrons. The molecule has 1 amide bonds. The second kappa shape index (κ2) is 7.85. The number of benzene rings is 1. The number of para-hydroxylation sites is 1. The fourth-order valence-electron chi connectivity index (χ4n) is 2.53. The largest absolute Gasteiger partial charge is 0.452 e. The third-order valence-corrected chi connectivity index (χ3v) is 4.71. The average Bonchev–Trinajstić information content (AvgIpc) is 3.22. The Labute approximate surface area is 159 Å². The zero-order valence-electron chi connectivity index (χ0n) is 14.7. The zero-order chi connectivity index (χ0) is 19.4. The van der Waals surface area contributed by atoms with Gasteiger partial charge in [0.05, 0.1) is 17.4 Å². The maximum atomic E-state index is 12.3. The monoisotopic (exact) mass is 380 g/mol. The first-order chi connectivity index (χ1) is 13.0. The predicted molar refractivity (Wildman–Crippen MR) is 101 cm³/mol. The Morgan fingerprint density at radius 2 is 2.04 bits per heavy atom. The van der Waals surface area contributed by atoms with E-state index in [0.29, 0.717) is 11.3 Å². The van der Waals surface area contributed by atoms with Crippen molar-refractivity contribution in [2.24, 2.45) is 0 Å². The number of nitrogens with one attached hydrogen (secondary N) is 1. The van der Waals surface area contributed by atoms with E-state index in [2.05, 4.69) is 10.4 Å². The van der Waals surface area contributed by atoms with Crippen LogP contribution in [-0.2, 0) is 9.53 Å². The molecule has 0 bridgehead atoms. The van der Waals surface area contributed by atoms with E-state index >= 15 is 0 Å². The molecule has 2 aromatic heterocycles. The molecule has 1 N–H and O–H groups in total. The lowest BCUT2D eigenvalue weighted by molar-refractivity contribution is -0.119. The van der Waals surface area contributed by atoms with Crippen molar-refractivity contribution in [3.8, 4) is 11.8 Å². The Hall–Kier alpha value is -3.44. The van der Waals surface area contributed by atoms with Gasteiger partial charge < -0.3 is 10.1 Å². The van der Waals surface area contributed by atoms with Gasteiger partial charge in [0.25, 0.3) is 5.91 Å². The maximum Gasteiger partial charge on any atom is 0.339 e. The summed E-state index contributed by atoms with van der Waals surface area (Å²) in [6.07, 6.45) is 1.37. The molecule has 0 aliphatic heterocycles. The van der Waals surface area contributed by atoms with Gasteiger partial charge in [0.15, 0.2) is 12.4 Å². The van der Waals surface area contributed by atoms with Crippen molar-refractivity contribution in [1.29, 1.82) is 5.26 Å². The van der Waals surface area contributed by atoms with E-state index < -0.39 is 18.5 Å². The van der Waals surface area contributed by atoms with Crippen LogP contribution in [0.5, 0.6) is 0 Å². The molecule has 0 aliphatic carbocycles. The number of rotatable bonds is 5. The highest BCUT2D eigenvalue weighted by Gasteiger charge is 2.18. The number of thiophene rings is 1. The first-order valence-corrected chi connectivity index (χ1v) is 8.89. The Morgan fingerprint density at radius 3 is 2.67 bits per heavy atom. The normalized spacial score (nSPS) is 10.3. The molecule has 0 atom stereocenters. The zero-order valence-corrected chi connectivity index (χ0v) is 15.5. The molecule has 7 nitrogen and oxygen atoms in total. The van der Waals surface area contributed by atoms with Crippen molar-refractivity contribution in [1.82, 2.24) is 9.78 Å². The minimum Gasteiger partial charge on any atom is -0.452 e. The first-order valence-electron chi connectivity index (χ1n) is 8.07. The van der Waals surface area contributed by atoms with Crippen molar-refractivity contribution in [2.75, 3.05) is 11.9 Å². The Kier molecular flexibility index (Phi) is 5.33. The van der Waals surface area contributed by atoms with Crippen molar-refractivity contribution in [2.45, 2.75) is 13.8 Å². The number of anilines is 1. The molecule has 0 unspecified atom stereocenters. The van der Waals surface area contributed by atoms with Crippen LogP contribution in [0.4, 0.5) is 5.82 Å². The Morgan fingerprint density at radius 1 is 1.30 bits per heavy atom. The van der Waals surface area contributed by atoms with Gasteiger partial charge in [-0.25, -0.2) is 9.48 Å². The lowest BCUT2D eigenvalue weighted by Gasteiger charge is -2.10. The highest BCUT2D eigenvalue weighted by Crippen LogP contribution is 2.22. The third-order valence-electron chi connectivity index (χ3n) is 3.74. The van der Waals surface area contributed by atoms with Crippen LogP contribution in [0.1, 0.15) is 25.7 Å². The molecular weight excluding hydrogens is 364 g/mol. The van der Waals surface area contributed by atoms with Gasteiger partial charge in [-0.2, -0.15) is 10.4 Å². The SMILES string of the molecule is Cc1cc(C(=O)OCC(=O)Nc2c(C#N)cnn2-c2ccccc2)c(C)s1. The lowest BCUT2D eigenvalue weighted by Crippen LogP contribution is -2.23. The topological polar surface area (TPSA) is 97.0 Å². The molecule has 0 spiro atoms. The highest BCUT2D eigenvalue weighted by atomic mass is 32.1. The van der Waals surface area contributed by atoms with Crippen LogP contribution in [0, 0.1) is 25.2 Å². The summed E-state index contributed by atoms with van der Waals surface area (Å²) in [4.78, 5) is 26.2. The van der Waals surface area contributed by atoms with E-state index in [1.54, 1.807) is 18.2 Å². The van der Waals surface area contributed by atoms with Crippen molar-refractivity contribution >= 4 is 29.0 Å². The first kappa shape index (κ1) is 18.4. The Bertz CT molecular complexity index is 1030. The van der Waals surface area contributed by atoms with Gasteiger partial charge in [-0.15, -0.1) is 11.3 Å².